The molecule has 2 fully saturated rings. The van der Waals surface area contributed by atoms with E-state index in [9.17, 15) is 4.79 Å². The van der Waals surface area contributed by atoms with Gasteiger partial charge in [0.1, 0.15) is 11.5 Å². The fraction of sp³-hybridized carbons (Fsp3) is 0.750. The first-order valence-electron chi connectivity index (χ1n) is 8.55. The van der Waals surface area contributed by atoms with E-state index in [0.29, 0.717) is 32.0 Å². The Morgan fingerprint density at radius 1 is 1.22 bits per heavy atom. The monoisotopic (exact) mass is 320 g/mol. The predicted molar refractivity (Wildman–Crippen MR) is 83.0 cm³/mol. The first-order valence-corrected chi connectivity index (χ1v) is 8.55. The van der Waals surface area contributed by atoms with E-state index in [4.69, 9.17) is 9.47 Å². The number of piperidine rings is 1. The lowest BCUT2D eigenvalue weighted by molar-refractivity contribution is -0.181. The van der Waals surface area contributed by atoms with Gasteiger partial charge in [0, 0.05) is 45.2 Å². The lowest BCUT2D eigenvalue weighted by atomic mass is 10.0. The SMILES string of the molecule is CCN1CCn2cc(C(=O)N3CCC4(CC3)OCCO4)nc2C1. The molecule has 4 heterocycles. The molecule has 1 aromatic heterocycles. The third kappa shape index (κ3) is 2.77. The van der Waals surface area contributed by atoms with Crippen LogP contribution in [0.3, 0.4) is 0 Å². The molecule has 0 aliphatic carbocycles. The van der Waals surface area contributed by atoms with Gasteiger partial charge in [0.25, 0.3) is 5.91 Å². The van der Waals surface area contributed by atoms with Crippen LogP contribution in [0.25, 0.3) is 0 Å². The second kappa shape index (κ2) is 5.89. The number of fused-ring (bicyclic) bond motifs is 1. The second-order valence-electron chi connectivity index (χ2n) is 6.50. The van der Waals surface area contributed by atoms with Gasteiger partial charge in [-0.3, -0.25) is 9.69 Å². The highest BCUT2D eigenvalue weighted by atomic mass is 16.7. The quantitative estimate of drug-likeness (QED) is 0.803. The number of hydrogen-bond donors (Lipinski definition) is 0. The molecule has 0 bridgehead atoms. The molecular formula is C16H24N4O3. The van der Waals surface area contributed by atoms with Gasteiger partial charge in [0.2, 0.25) is 0 Å². The molecule has 0 atom stereocenters. The van der Waals surface area contributed by atoms with E-state index in [1.165, 1.54) is 0 Å². The van der Waals surface area contributed by atoms with Crippen molar-refractivity contribution in [2.45, 2.75) is 38.6 Å². The number of likely N-dealkylation sites (tertiary alicyclic amines) is 1. The van der Waals surface area contributed by atoms with Crippen LogP contribution < -0.4 is 0 Å². The highest BCUT2D eigenvalue weighted by Crippen LogP contribution is 2.31. The number of carbonyl (C=O) groups excluding carboxylic acids is 1. The largest absolute Gasteiger partial charge is 0.347 e. The molecule has 0 unspecified atom stereocenters. The van der Waals surface area contributed by atoms with Gasteiger partial charge < -0.3 is 18.9 Å². The number of rotatable bonds is 2. The average Bonchev–Trinajstić information content (AvgIpc) is 3.21. The van der Waals surface area contributed by atoms with Crippen molar-refractivity contribution in [1.82, 2.24) is 19.4 Å². The zero-order valence-corrected chi connectivity index (χ0v) is 13.7. The van der Waals surface area contributed by atoms with Crippen molar-refractivity contribution in [3.8, 4) is 0 Å². The minimum Gasteiger partial charge on any atom is -0.347 e. The van der Waals surface area contributed by atoms with Crippen molar-refractivity contribution >= 4 is 5.91 Å². The fourth-order valence-corrected chi connectivity index (χ4v) is 3.67. The molecule has 3 aliphatic rings. The fourth-order valence-electron chi connectivity index (χ4n) is 3.67. The van der Waals surface area contributed by atoms with Gasteiger partial charge in [0.05, 0.1) is 19.8 Å². The summed E-state index contributed by atoms with van der Waals surface area (Å²) in [6, 6.07) is 0. The van der Waals surface area contributed by atoms with Gasteiger partial charge in [0.15, 0.2) is 5.79 Å². The summed E-state index contributed by atoms with van der Waals surface area (Å²) in [5.41, 5.74) is 0.571. The van der Waals surface area contributed by atoms with E-state index < -0.39 is 5.79 Å². The molecule has 1 amide bonds. The molecule has 23 heavy (non-hydrogen) atoms. The van der Waals surface area contributed by atoms with Crippen molar-refractivity contribution in [3.05, 3.63) is 17.7 Å². The van der Waals surface area contributed by atoms with E-state index in [0.717, 1.165) is 44.8 Å². The van der Waals surface area contributed by atoms with Crippen molar-refractivity contribution in [3.63, 3.8) is 0 Å². The first kappa shape index (κ1) is 15.1. The second-order valence-corrected chi connectivity index (χ2v) is 6.50. The molecule has 1 aromatic rings. The number of imidazole rings is 1. The van der Waals surface area contributed by atoms with Crippen LogP contribution in [0.2, 0.25) is 0 Å². The minimum atomic E-state index is -0.439. The minimum absolute atomic E-state index is 0.0304. The summed E-state index contributed by atoms with van der Waals surface area (Å²) in [6.07, 6.45) is 3.41. The maximum absolute atomic E-state index is 12.7. The zero-order chi connectivity index (χ0) is 15.9. The van der Waals surface area contributed by atoms with Gasteiger partial charge in [-0.05, 0) is 6.54 Å². The molecule has 4 rings (SSSR count). The van der Waals surface area contributed by atoms with Gasteiger partial charge in [-0.2, -0.15) is 0 Å². The molecule has 7 nitrogen and oxygen atoms in total. The van der Waals surface area contributed by atoms with Crippen LogP contribution in [0.1, 0.15) is 36.1 Å². The van der Waals surface area contributed by atoms with Crippen LogP contribution in [0, 0.1) is 0 Å². The third-order valence-corrected chi connectivity index (χ3v) is 5.17. The average molecular weight is 320 g/mol. The third-order valence-electron chi connectivity index (χ3n) is 5.17. The van der Waals surface area contributed by atoms with E-state index >= 15 is 0 Å². The Balaban J connectivity index is 1.43. The standard InChI is InChI=1S/C16H24N4O3/c1-2-18-7-8-20-11-13(17-14(20)12-18)15(21)19-5-3-16(4-6-19)22-9-10-23-16/h11H,2-10,12H2,1H3. The highest BCUT2D eigenvalue weighted by Gasteiger charge is 2.41. The number of carbonyl (C=O) groups is 1. The zero-order valence-electron chi connectivity index (χ0n) is 13.7. The summed E-state index contributed by atoms with van der Waals surface area (Å²) in [5.74, 6) is 0.589. The van der Waals surface area contributed by atoms with Crippen LogP contribution in [0.15, 0.2) is 6.20 Å². The Kier molecular flexibility index (Phi) is 3.87. The van der Waals surface area contributed by atoms with E-state index in [2.05, 4.69) is 21.4 Å². The number of ether oxygens (including phenoxy) is 2. The Bertz CT molecular complexity index is 584. The summed E-state index contributed by atoms with van der Waals surface area (Å²) in [6.45, 7) is 8.60. The molecular weight excluding hydrogens is 296 g/mol. The lowest BCUT2D eigenvalue weighted by Crippen LogP contribution is -2.47. The van der Waals surface area contributed by atoms with E-state index in [1.807, 2.05) is 11.1 Å². The van der Waals surface area contributed by atoms with Gasteiger partial charge in [-0.15, -0.1) is 0 Å². The summed E-state index contributed by atoms with van der Waals surface area (Å²) in [7, 11) is 0. The molecule has 126 valence electrons. The number of nitrogens with zero attached hydrogens (tertiary/aromatic N) is 4. The molecule has 2 saturated heterocycles. The lowest BCUT2D eigenvalue weighted by Gasteiger charge is -2.37. The normalized spacial score (nSPS) is 24.1. The van der Waals surface area contributed by atoms with Crippen molar-refractivity contribution in [2.24, 2.45) is 0 Å². The van der Waals surface area contributed by atoms with Crippen LogP contribution in [-0.2, 0) is 22.6 Å². The van der Waals surface area contributed by atoms with Crippen LogP contribution >= 0.6 is 0 Å². The molecule has 0 aromatic carbocycles. The molecule has 0 N–H and O–H groups in total. The topological polar surface area (TPSA) is 59.8 Å². The summed E-state index contributed by atoms with van der Waals surface area (Å²) in [5, 5.41) is 0. The Morgan fingerprint density at radius 3 is 2.65 bits per heavy atom. The molecule has 0 radical (unpaired) electrons. The maximum atomic E-state index is 12.7. The number of hydrogen-bond acceptors (Lipinski definition) is 5. The molecule has 7 heteroatoms. The smallest absolute Gasteiger partial charge is 0.274 e. The van der Waals surface area contributed by atoms with Crippen LogP contribution in [0.5, 0.6) is 0 Å². The summed E-state index contributed by atoms with van der Waals surface area (Å²) >= 11 is 0. The molecule has 0 saturated carbocycles. The van der Waals surface area contributed by atoms with Crippen molar-refractivity contribution in [1.29, 1.82) is 0 Å². The van der Waals surface area contributed by atoms with Gasteiger partial charge >= 0.3 is 0 Å². The predicted octanol–water partition coefficient (Wildman–Crippen LogP) is 0.698. The van der Waals surface area contributed by atoms with Crippen LogP contribution in [-0.4, -0.2) is 70.4 Å². The number of aromatic nitrogens is 2. The van der Waals surface area contributed by atoms with E-state index in [-0.39, 0.29) is 5.91 Å². The van der Waals surface area contributed by atoms with Crippen LogP contribution in [0.4, 0.5) is 0 Å². The first-order chi connectivity index (χ1) is 11.2. The summed E-state index contributed by atoms with van der Waals surface area (Å²) < 4.78 is 13.6. The number of likely N-dealkylation sites (N-methyl/N-ethyl adjacent to an activating group) is 1. The Labute approximate surface area is 136 Å². The highest BCUT2D eigenvalue weighted by molar-refractivity contribution is 5.92. The van der Waals surface area contributed by atoms with Crippen molar-refractivity contribution in [2.75, 3.05) is 39.4 Å². The van der Waals surface area contributed by atoms with E-state index in [1.54, 1.807) is 0 Å². The van der Waals surface area contributed by atoms with Crippen molar-refractivity contribution < 1.29 is 14.3 Å². The van der Waals surface area contributed by atoms with Gasteiger partial charge in [-0.1, -0.05) is 6.92 Å². The Morgan fingerprint density at radius 2 is 1.96 bits per heavy atom. The maximum Gasteiger partial charge on any atom is 0.274 e. The van der Waals surface area contributed by atoms with Gasteiger partial charge in [-0.25, -0.2) is 4.98 Å². The molecule has 1 spiro atoms. The summed E-state index contributed by atoms with van der Waals surface area (Å²) in [4.78, 5) is 21.5. The molecule has 3 aliphatic heterocycles. The number of amides is 1. The Hall–Kier alpha value is -1.44.